The third kappa shape index (κ3) is 4.25. The Labute approximate surface area is 166 Å². The van der Waals surface area contributed by atoms with Crippen LogP contribution in [0.25, 0.3) is 0 Å². The molecule has 0 aliphatic heterocycles. The SMILES string of the molecule is O=S(=O)(NC(Cl)=NC12CC3CC(CC(C3)C1)C2)c1ccc(OC(F)(F)F)cc1. The summed E-state index contributed by atoms with van der Waals surface area (Å²) in [7, 11) is -4.05. The molecule has 0 aromatic heterocycles. The highest BCUT2D eigenvalue weighted by Crippen LogP contribution is 2.57. The van der Waals surface area contributed by atoms with Crippen molar-refractivity contribution in [3.8, 4) is 5.75 Å². The van der Waals surface area contributed by atoms with Gasteiger partial charge in [-0.3, -0.25) is 9.71 Å². The van der Waals surface area contributed by atoms with Crippen molar-refractivity contribution < 1.29 is 26.3 Å². The standard InChI is InChI=1S/C18H20ClF3N2O3S/c19-16(23-17-8-11-5-12(9-17)7-13(6-11)10-17)24-28(25,26)15-3-1-14(2-4-15)27-18(20,21)22/h1-4,11-13H,5-10H2,(H,23,24). The number of aliphatic imine (C=N–C) groups is 1. The van der Waals surface area contributed by atoms with Crippen molar-refractivity contribution in [1.29, 1.82) is 0 Å². The van der Waals surface area contributed by atoms with Crippen molar-refractivity contribution in [2.75, 3.05) is 0 Å². The Morgan fingerprint density at radius 1 is 1.07 bits per heavy atom. The van der Waals surface area contributed by atoms with Crippen LogP contribution < -0.4 is 9.46 Å². The number of nitrogens with one attached hydrogen (secondary N) is 1. The molecule has 0 spiro atoms. The minimum absolute atomic E-state index is 0.197. The molecule has 154 valence electrons. The van der Waals surface area contributed by atoms with Crippen molar-refractivity contribution >= 4 is 26.9 Å². The molecule has 0 radical (unpaired) electrons. The summed E-state index contributed by atoms with van der Waals surface area (Å²) in [6, 6.07) is 3.93. The Morgan fingerprint density at radius 3 is 2.04 bits per heavy atom. The Balaban J connectivity index is 1.48. The minimum atomic E-state index is -4.84. The third-order valence-corrected chi connectivity index (χ3v) is 7.57. The van der Waals surface area contributed by atoms with Gasteiger partial charge in [-0.1, -0.05) is 0 Å². The van der Waals surface area contributed by atoms with Crippen molar-refractivity contribution in [2.45, 2.75) is 55.3 Å². The Morgan fingerprint density at radius 2 is 1.57 bits per heavy atom. The summed E-state index contributed by atoms with van der Waals surface area (Å²) in [6.07, 6.45) is 1.63. The molecule has 28 heavy (non-hydrogen) atoms. The zero-order valence-corrected chi connectivity index (χ0v) is 16.4. The van der Waals surface area contributed by atoms with Gasteiger partial charge >= 0.3 is 6.36 Å². The molecule has 4 saturated carbocycles. The van der Waals surface area contributed by atoms with Gasteiger partial charge in [0.1, 0.15) is 5.75 Å². The highest BCUT2D eigenvalue weighted by atomic mass is 35.5. The average Bonchev–Trinajstić information content (AvgIpc) is 2.51. The topological polar surface area (TPSA) is 67.8 Å². The number of alkyl halides is 3. The molecule has 0 unspecified atom stereocenters. The molecule has 1 aromatic carbocycles. The van der Waals surface area contributed by atoms with Crippen molar-refractivity contribution in [3.63, 3.8) is 0 Å². The van der Waals surface area contributed by atoms with Crippen LogP contribution in [0.3, 0.4) is 0 Å². The lowest BCUT2D eigenvalue weighted by Crippen LogP contribution is -2.50. The van der Waals surface area contributed by atoms with Crippen LogP contribution in [0, 0.1) is 17.8 Å². The molecular formula is C18H20ClF3N2O3S. The van der Waals surface area contributed by atoms with Crippen molar-refractivity contribution in [1.82, 2.24) is 4.72 Å². The molecule has 1 N–H and O–H groups in total. The van der Waals surface area contributed by atoms with Crippen LogP contribution in [0.1, 0.15) is 38.5 Å². The quantitative estimate of drug-likeness (QED) is 0.431. The van der Waals surface area contributed by atoms with Gasteiger partial charge in [0, 0.05) is 0 Å². The fraction of sp³-hybridized carbons (Fsp3) is 0.611. The van der Waals surface area contributed by atoms with Crippen molar-refractivity contribution in [3.05, 3.63) is 24.3 Å². The highest BCUT2D eigenvalue weighted by molar-refractivity contribution is 7.90. The van der Waals surface area contributed by atoms with Crippen LogP contribution >= 0.6 is 11.6 Å². The van der Waals surface area contributed by atoms with Crippen LogP contribution in [0.15, 0.2) is 34.2 Å². The van der Waals surface area contributed by atoms with Gasteiger partial charge in [0.2, 0.25) is 5.29 Å². The summed E-state index contributed by atoms with van der Waals surface area (Å²) in [5, 5.41) is -0.197. The molecule has 0 saturated heterocycles. The second-order valence-corrected chi connectivity index (χ2v) is 10.2. The third-order valence-electron chi connectivity index (χ3n) is 5.93. The predicted octanol–water partition coefficient (Wildman–Crippen LogP) is 4.43. The molecule has 4 bridgehead atoms. The van der Waals surface area contributed by atoms with Gasteiger partial charge in [0.05, 0.1) is 10.4 Å². The monoisotopic (exact) mass is 436 g/mol. The molecule has 5 rings (SSSR count). The van der Waals surface area contributed by atoms with Gasteiger partial charge in [0.15, 0.2) is 0 Å². The zero-order valence-electron chi connectivity index (χ0n) is 14.9. The van der Waals surface area contributed by atoms with E-state index in [2.05, 4.69) is 14.5 Å². The number of benzene rings is 1. The summed E-state index contributed by atoms with van der Waals surface area (Å²) in [5.41, 5.74) is -0.293. The molecule has 0 amide bonds. The Bertz CT molecular complexity index is 849. The first kappa shape index (κ1) is 19.8. The number of rotatable bonds is 4. The van der Waals surface area contributed by atoms with Crippen LogP contribution in [0.2, 0.25) is 0 Å². The fourth-order valence-corrected chi connectivity index (χ4v) is 6.79. The smallest absolute Gasteiger partial charge is 0.406 e. The van der Waals surface area contributed by atoms with E-state index in [0.717, 1.165) is 43.5 Å². The van der Waals surface area contributed by atoms with Crippen LogP contribution in [-0.2, 0) is 10.0 Å². The summed E-state index contributed by atoms with van der Waals surface area (Å²) in [4.78, 5) is 4.34. The first-order valence-corrected chi connectivity index (χ1v) is 11.0. The molecule has 5 nitrogen and oxygen atoms in total. The molecule has 4 fully saturated rings. The lowest BCUT2D eigenvalue weighted by atomic mass is 9.53. The first-order chi connectivity index (χ1) is 13.0. The van der Waals surface area contributed by atoms with E-state index in [4.69, 9.17) is 11.6 Å². The lowest BCUT2D eigenvalue weighted by Gasteiger charge is -2.54. The normalized spacial score (nSPS) is 32.4. The number of hydrogen-bond acceptors (Lipinski definition) is 4. The van der Waals surface area contributed by atoms with Crippen LogP contribution in [0.4, 0.5) is 13.2 Å². The molecule has 4 aliphatic carbocycles. The van der Waals surface area contributed by atoms with Gasteiger partial charge in [-0.15, -0.1) is 13.2 Å². The molecule has 0 heterocycles. The molecule has 4 aliphatic rings. The number of halogens is 4. The largest absolute Gasteiger partial charge is 0.573 e. The number of nitrogens with zero attached hydrogens (tertiary/aromatic N) is 1. The zero-order chi connectivity index (χ0) is 20.2. The maximum atomic E-state index is 12.5. The number of amidine groups is 1. The minimum Gasteiger partial charge on any atom is -0.406 e. The lowest BCUT2D eigenvalue weighted by molar-refractivity contribution is -0.274. The maximum absolute atomic E-state index is 12.5. The van der Waals surface area contributed by atoms with E-state index in [9.17, 15) is 21.6 Å². The van der Waals surface area contributed by atoms with E-state index in [1.165, 1.54) is 19.3 Å². The highest BCUT2D eigenvalue weighted by Gasteiger charge is 2.51. The predicted molar refractivity (Wildman–Crippen MR) is 97.6 cm³/mol. The summed E-state index contributed by atoms with van der Waals surface area (Å²) in [6.45, 7) is 0. The molecule has 0 atom stereocenters. The number of hydrogen-bond donors (Lipinski definition) is 1. The second-order valence-electron chi connectivity index (χ2n) is 8.17. The van der Waals surface area contributed by atoms with Gasteiger partial charge in [0.25, 0.3) is 10.0 Å². The van der Waals surface area contributed by atoms with E-state index >= 15 is 0 Å². The van der Waals surface area contributed by atoms with Gasteiger partial charge < -0.3 is 4.74 Å². The van der Waals surface area contributed by atoms with Crippen molar-refractivity contribution in [2.24, 2.45) is 22.7 Å². The van der Waals surface area contributed by atoms with E-state index < -0.39 is 22.1 Å². The Hall–Kier alpha value is -1.48. The van der Waals surface area contributed by atoms with Gasteiger partial charge in [-0.2, -0.15) is 0 Å². The fourth-order valence-electron chi connectivity index (χ4n) is 5.42. The molecular weight excluding hydrogens is 417 g/mol. The van der Waals surface area contributed by atoms with E-state index in [-0.39, 0.29) is 15.7 Å². The van der Waals surface area contributed by atoms with Gasteiger partial charge in [-0.05, 0) is 92.1 Å². The van der Waals surface area contributed by atoms with E-state index in [0.29, 0.717) is 17.8 Å². The van der Waals surface area contributed by atoms with E-state index in [1.54, 1.807) is 0 Å². The maximum Gasteiger partial charge on any atom is 0.573 e. The Kier molecular flexibility index (Phi) is 4.81. The average molecular weight is 437 g/mol. The molecule has 10 heteroatoms. The number of sulfonamides is 1. The van der Waals surface area contributed by atoms with E-state index in [1.807, 2.05) is 0 Å². The first-order valence-electron chi connectivity index (χ1n) is 9.16. The number of ether oxygens (including phenoxy) is 1. The van der Waals surface area contributed by atoms with Gasteiger partial charge in [-0.25, -0.2) is 8.42 Å². The second kappa shape index (κ2) is 6.79. The summed E-state index contributed by atoms with van der Waals surface area (Å²) >= 11 is 6.16. The van der Waals surface area contributed by atoms with Crippen LogP contribution in [-0.4, -0.2) is 25.6 Å². The summed E-state index contributed by atoms with van der Waals surface area (Å²) < 4.78 is 67.6. The molecule has 1 aromatic rings. The summed E-state index contributed by atoms with van der Waals surface area (Å²) in [5.74, 6) is 1.41. The van der Waals surface area contributed by atoms with Crippen LogP contribution in [0.5, 0.6) is 5.75 Å².